The van der Waals surface area contributed by atoms with Crippen LogP contribution in [0, 0.1) is 0 Å². The monoisotopic (exact) mass is 203 g/mol. The van der Waals surface area contributed by atoms with Crippen molar-refractivity contribution in [1.29, 1.82) is 0 Å². The molecule has 0 radical (unpaired) electrons. The van der Waals surface area contributed by atoms with Crippen LogP contribution in [-0.4, -0.2) is 18.4 Å². The molecule has 1 aliphatic heterocycles. The van der Waals surface area contributed by atoms with E-state index in [4.69, 9.17) is 0 Å². The minimum Gasteiger partial charge on any atom is -0.362 e. The Morgan fingerprint density at radius 2 is 2.00 bits per heavy atom. The van der Waals surface area contributed by atoms with Crippen molar-refractivity contribution in [2.75, 3.05) is 11.4 Å². The van der Waals surface area contributed by atoms with Crippen molar-refractivity contribution in [3.63, 3.8) is 0 Å². The third kappa shape index (κ3) is 2.20. The minimum absolute atomic E-state index is 0.0983. The van der Waals surface area contributed by atoms with Gasteiger partial charge in [0.25, 0.3) is 0 Å². The van der Waals surface area contributed by atoms with E-state index < -0.39 is 0 Å². The van der Waals surface area contributed by atoms with Crippen LogP contribution in [0.1, 0.15) is 26.2 Å². The van der Waals surface area contributed by atoms with Crippen molar-refractivity contribution in [1.82, 2.24) is 0 Å². The van der Waals surface area contributed by atoms with Gasteiger partial charge < -0.3 is 4.90 Å². The van der Waals surface area contributed by atoms with Gasteiger partial charge in [-0.15, -0.1) is 0 Å². The van der Waals surface area contributed by atoms with E-state index in [1.54, 1.807) is 6.92 Å². The summed E-state index contributed by atoms with van der Waals surface area (Å²) < 4.78 is 0. The van der Waals surface area contributed by atoms with E-state index in [0.29, 0.717) is 5.78 Å². The normalized spacial score (nSPS) is 21.4. The van der Waals surface area contributed by atoms with E-state index >= 15 is 0 Å². The molecule has 1 unspecified atom stereocenters. The number of piperidine rings is 1. The van der Waals surface area contributed by atoms with Gasteiger partial charge in [0.15, 0.2) is 5.78 Å². The Bertz CT molecular complexity index is 334. The van der Waals surface area contributed by atoms with Gasteiger partial charge >= 0.3 is 0 Å². The number of ketones is 1. The molecule has 0 bridgehead atoms. The maximum Gasteiger partial charge on any atom is 0.152 e. The molecule has 1 fully saturated rings. The Labute approximate surface area is 90.9 Å². The van der Waals surface area contributed by atoms with Crippen LogP contribution in [0.2, 0.25) is 0 Å². The number of carbonyl (C=O) groups is 1. The molecule has 0 amide bonds. The minimum atomic E-state index is 0.0983. The lowest BCUT2D eigenvalue weighted by atomic mass is 9.98. The van der Waals surface area contributed by atoms with Gasteiger partial charge in [0, 0.05) is 12.2 Å². The van der Waals surface area contributed by atoms with Gasteiger partial charge in [-0.05, 0) is 38.3 Å². The Morgan fingerprint density at radius 3 is 2.67 bits per heavy atom. The van der Waals surface area contributed by atoms with Crippen molar-refractivity contribution >= 4 is 11.5 Å². The molecule has 2 nitrogen and oxygen atoms in total. The molecule has 0 saturated carbocycles. The third-order valence-electron chi connectivity index (χ3n) is 3.06. The van der Waals surface area contributed by atoms with E-state index in [9.17, 15) is 4.79 Å². The van der Waals surface area contributed by atoms with Gasteiger partial charge in [0.05, 0.1) is 6.04 Å². The van der Waals surface area contributed by atoms with Crippen molar-refractivity contribution < 1.29 is 4.79 Å². The summed E-state index contributed by atoms with van der Waals surface area (Å²) in [5.74, 6) is 0.290. The van der Waals surface area contributed by atoms with Crippen LogP contribution in [0.25, 0.3) is 0 Å². The zero-order valence-electron chi connectivity index (χ0n) is 9.15. The van der Waals surface area contributed by atoms with Crippen LogP contribution in [0.3, 0.4) is 0 Å². The average Bonchev–Trinajstić information content (AvgIpc) is 2.30. The maximum atomic E-state index is 11.5. The smallest absolute Gasteiger partial charge is 0.152 e. The first kappa shape index (κ1) is 10.2. The molecule has 0 spiro atoms. The second-order valence-corrected chi connectivity index (χ2v) is 4.15. The van der Waals surface area contributed by atoms with Gasteiger partial charge in [-0.1, -0.05) is 18.2 Å². The molecular formula is C13H17NO. The molecule has 15 heavy (non-hydrogen) atoms. The topological polar surface area (TPSA) is 20.3 Å². The predicted molar refractivity (Wildman–Crippen MR) is 62.1 cm³/mol. The summed E-state index contributed by atoms with van der Waals surface area (Å²) >= 11 is 0. The Morgan fingerprint density at radius 1 is 1.27 bits per heavy atom. The fourth-order valence-corrected chi connectivity index (χ4v) is 2.28. The summed E-state index contributed by atoms with van der Waals surface area (Å²) in [6.07, 6.45) is 3.37. The SMILES string of the molecule is CC(=O)C1CCCCN1c1ccccc1. The van der Waals surface area contributed by atoms with E-state index in [1.807, 2.05) is 18.2 Å². The number of nitrogens with zero attached hydrogens (tertiary/aromatic N) is 1. The number of rotatable bonds is 2. The molecular weight excluding hydrogens is 186 g/mol. The van der Waals surface area contributed by atoms with Crippen LogP contribution in [-0.2, 0) is 4.79 Å². The Hall–Kier alpha value is -1.31. The standard InChI is InChI=1S/C13H17NO/c1-11(15)13-9-5-6-10-14(13)12-7-3-2-4-8-12/h2-4,7-8,13H,5-6,9-10H2,1H3. The predicted octanol–water partition coefficient (Wildman–Crippen LogP) is 2.63. The second kappa shape index (κ2) is 4.47. The first-order valence-corrected chi connectivity index (χ1v) is 5.61. The fraction of sp³-hybridized carbons (Fsp3) is 0.462. The largest absolute Gasteiger partial charge is 0.362 e. The molecule has 0 aliphatic carbocycles. The van der Waals surface area contributed by atoms with Gasteiger partial charge in [-0.3, -0.25) is 4.79 Å². The molecule has 1 aromatic rings. The molecule has 0 N–H and O–H groups in total. The quantitative estimate of drug-likeness (QED) is 0.736. The number of benzene rings is 1. The zero-order valence-corrected chi connectivity index (χ0v) is 9.15. The highest BCUT2D eigenvalue weighted by Crippen LogP contribution is 2.24. The first-order chi connectivity index (χ1) is 7.29. The lowest BCUT2D eigenvalue weighted by Crippen LogP contribution is -2.43. The van der Waals surface area contributed by atoms with Gasteiger partial charge in [-0.25, -0.2) is 0 Å². The van der Waals surface area contributed by atoms with Crippen molar-refractivity contribution in [2.45, 2.75) is 32.2 Å². The fourth-order valence-electron chi connectivity index (χ4n) is 2.28. The van der Waals surface area contributed by atoms with Gasteiger partial charge in [0.2, 0.25) is 0 Å². The highest BCUT2D eigenvalue weighted by atomic mass is 16.1. The first-order valence-electron chi connectivity index (χ1n) is 5.61. The summed E-state index contributed by atoms with van der Waals surface area (Å²) in [5.41, 5.74) is 1.18. The molecule has 1 aliphatic rings. The lowest BCUT2D eigenvalue weighted by Gasteiger charge is -2.36. The number of anilines is 1. The van der Waals surface area contributed by atoms with Gasteiger partial charge in [-0.2, -0.15) is 0 Å². The maximum absolute atomic E-state index is 11.5. The number of carbonyl (C=O) groups excluding carboxylic acids is 1. The zero-order chi connectivity index (χ0) is 10.7. The van der Waals surface area contributed by atoms with E-state index in [0.717, 1.165) is 13.0 Å². The molecule has 80 valence electrons. The van der Waals surface area contributed by atoms with Gasteiger partial charge in [0.1, 0.15) is 0 Å². The Kier molecular flexibility index (Phi) is 3.05. The Balaban J connectivity index is 2.22. The number of hydrogen-bond donors (Lipinski definition) is 0. The summed E-state index contributed by atoms with van der Waals surface area (Å²) in [7, 11) is 0. The van der Waals surface area contributed by atoms with Crippen molar-refractivity contribution in [2.24, 2.45) is 0 Å². The average molecular weight is 203 g/mol. The molecule has 2 rings (SSSR count). The van der Waals surface area contributed by atoms with Crippen LogP contribution in [0.15, 0.2) is 30.3 Å². The van der Waals surface area contributed by atoms with Crippen molar-refractivity contribution in [3.8, 4) is 0 Å². The van der Waals surface area contributed by atoms with Crippen LogP contribution < -0.4 is 4.90 Å². The van der Waals surface area contributed by atoms with Crippen molar-refractivity contribution in [3.05, 3.63) is 30.3 Å². The highest BCUT2D eigenvalue weighted by Gasteiger charge is 2.25. The molecule has 1 saturated heterocycles. The van der Waals surface area contributed by atoms with E-state index in [1.165, 1.54) is 18.5 Å². The van der Waals surface area contributed by atoms with Crippen LogP contribution >= 0.6 is 0 Å². The van der Waals surface area contributed by atoms with Crippen LogP contribution in [0.4, 0.5) is 5.69 Å². The molecule has 1 heterocycles. The second-order valence-electron chi connectivity index (χ2n) is 4.15. The summed E-state index contributed by atoms with van der Waals surface area (Å²) in [5, 5.41) is 0. The summed E-state index contributed by atoms with van der Waals surface area (Å²) in [4.78, 5) is 13.8. The number of Topliss-reactive ketones (excluding diaryl/α,β-unsaturated/α-hetero) is 1. The third-order valence-corrected chi connectivity index (χ3v) is 3.06. The van der Waals surface area contributed by atoms with Crippen LogP contribution in [0.5, 0.6) is 0 Å². The molecule has 1 aromatic carbocycles. The molecule has 2 heteroatoms. The number of para-hydroxylation sites is 1. The summed E-state index contributed by atoms with van der Waals surface area (Å²) in [6, 6.07) is 10.3. The highest BCUT2D eigenvalue weighted by molar-refractivity contribution is 5.85. The van der Waals surface area contributed by atoms with E-state index in [2.05, 4.69) is 17.0 Å². The molecule has 1 atom stereocenters. The van der Waals surface area contributed by atoms with E-state index in [-0.39, 0.29) is 6.04 Å². The summed E-state index contributed by atoms with van der Waals surface area (Å²) in [6.45, 7) is 2.71. The molecule has 0 aromatic heterocycles. The lowest BCUT2D eigenvalue weighted by molar-refractivity contribution is -0.118. The number of hydrogen-bond acceptors (Lipinski definition) is 2.